The van der Waals surface area contributed by atoms with Gasteiger partial charge in [-0.25, -0.2) is 4.79 Å². The van der Waals surface area contributed by atoms with Crippen LogP contribution < -0.4 is 5.32 Å². The lowest BCUT2D eigenvalue weighted by molar-refractivity contribution is -0.132. The number of hydrogen-bond donors (Lipinski definition) is 1. The highest BCUT2D eigenvalue weighted by Crippen LogP contribution is 2.29. The maximum absolute atomic E-state index is 12.8. The fraction of sp³-hybridized carbons (Fsp3) is 0.500. The van der Waals surface area contributed by atoms with Crippen LogP contribution in [-0.4, -0.2) is 32.6 Å². The Morgan fingerprint density at radius 1 is 1.21 bits per heavy atom. The van der Waals surface area contributed by atoms with Crippen LogP contribution in [0.25, 0.3) is 11.7 Å². The van der Waals surface area contributed by atoms with E-state index in [0.717, 1.165) is 17.7 Å². The van der Waals surface area contributed by atoms with Crippen LogP contribution in [0.3, 0.4) is 0 Å². The quantitative estimate of drug-likeness (QED) is 0.782. The van der Waals surface area contributed by atoms with E-state index < -0.39 is 11.6 Å². The molecule has 128 valence electrons. The number of carbonyl (C=O) groups is 2. The van der Waals surface area contributed by atoms with Crippen molar-refractivity contribution >= 4 is 11.9 Å². The molecule has 0 spiro atoms. The maximum atomic E-state index is 12.8. The number of amides is 3. The largest absolute Gasteiger partial charge is 0.459 e. The Hall–Kier alpha value is -2.64. The predicted molar refractivity (Wildman–Crippen MR) is 83.6 cm³/mol. The molecule has 1 aliphatic rings. The van der Waals surface area contributed by atoms with Crippen molar-refractivity contribution < 1.29 is 18.4 Å². The molecule has 0 saturated carbocycles. The van der Waals surface area contributed by atoms with Gasteiger partial charge in [-0.2, -0.15) is 0 Å². The van der Waals surface area contributed by atoms with Crippen LogP contribution in [0, 0.1) is 0 Å². The van der Waals surface area contributed by atoms with Gasteiger partial charge in [0.1, 0.15) is 12.1 Å². The minimum Gasteiger partial charge on any atom is -0.459 e. The number of rotatable bonds is 7. The summed E-state index contributed by atoms with van der Waals surface area (Å²) >= 11 is 0. The topological polar surface area (TPSA) is 101 Å². The van der Waals surface area contributed by atoms with E-state index in [1.54, 1.807) is 12.1 Å². The first-order valence-electron chi connectivity index (χ1n) is 8.10. The van der Waals surface area contributed by atoms with Crippen molar-refractivity contribution in [2.45, 2.75) is 51.6 Å². The van der Waals surface area contributed by atoms with Crippen molar-refractivity contribution in [3.05, 3.63) is 24.3 Å². The lowest BCUT2D eigenvalue weighted by Crippen LogP contribution is -2.46. The molecule has 0 aromatic carbocycles. The summed E-state index contributed by atoms with van der Waals surface area (Å²) in [6, 6.07) is 2.98. The molecule has 8 heteroatoms. The SMILES string of the molecule is CCCC1(CCC)NC(=O)N(Cc2nnc(-c3ccco3)o2)C1=O. The van der Waals surface area contributed by atoms with Gasteiger partial charge < -0.3 is 14.2 Å². The average Bonchev–Trinajstić information content (AvgIpc) is 3.26. The number of furan rings is 1. The van der Waals surface area contributed by atoms with Gasteiger partial charge in [-0.3, -0.25) is 9.69 Å². The Kier molecular flexibility index (Phi) is 4.37. The van der Waals surface area contributed by atoms with Gasteiger partial charge in [0.25, 0.3) is 11.8 Å². The molecule has 2 aromatic heterocycles. The first kappa shape index (κ1) is 16.2. The zero-order valence-corrected chi connectivity index (χ0v) is 13.7. The molecule has 1 aliphatic heterocycles. The Morgan fingerprint density at radius 3 is 2.58 bits per heavy atom. The molecule has 8 nitrogen and oxygen atoms in total. The van der Waals surface area contributed by atoms with Crippen LogP contribution in [0.5, 0.6) is 0 Å². The number of hydrogen-bond acceptors (Lipinski definition) is 6. The van der Waals surface area contributed by atoms with Crippen molar-refractivity contribution in [3.8, 4) is 11.7 Å². The molecule has 1 N–H and O–H groups in total. The second-order valence-corrected chi connectivity index (χ2v) is 5.88. The normalized spacial score (nSPS) is 16.7. The predicted octanol–water partition coefficient (Wildman–Crippen LogP) is 2.72. The summed E-state index contributed by atoms with van der Waals surface area (Å²) in [5.41, 5.74) is -0.815. The minimum atomic E-state index is -0.815. The Labute approximate surface area is 139 Å². The summed E-state index contributed by atoms with van der Waals surface area (Å²) in [6.45, 7) is 3.94. The van der Waals surface area contributed by atoms with Crippen molar-refractivity contribution in [2.24, 2.45) is 0 Å². The van der Waals surface area contributed by atoms with Crippen molar-refractivity contribution in [1.82, 2.24) is 20.4 Å². The van der Waals surface area contributed by atoms with E-state index in [0.29, 0.717) is 18.6 Å². The molecular formula is C16H20N4O4. The number of carbonyl (C=O) groups excluding carboxylic acids is 2. The van der Waals surface area contributed by atoms with Crippen LogP contribution in [-0.2, 0) is 11.3 Å². The van der Waals surface area contributed by atoms with Crippen molar-refractivity contribution in [2.75, 3.05) is 0 Å². The summed E-state index contributed by atoms with van der Waals surface area (Å²) in [5.74, 6) is 0.621. The third-order valence-electron chi connectivity index (χ3n) is 4.09. The fourth-order valence-electron chi connectivity index (χ4n) is 3.09. The standard InChI is InChI=1S/C16H20N4O4/c1-3-7-16(8-4-2)14(21)20(15(22)17-16)10-12-18-19-13(24-12)11-6-5-9-23-11/h5-6,9H,3-4,7-8,10H2,1-2H3,(H,17,22). The Bertz CT molecular complexity index is 716. The van der Waals surface area contributed by atoms with E-state index in [9.17, 15) is 9.59 Å². The molecule has 0 unspecified atom stereocenters. The van der Waals surface area contributed by atoms with E-state index in [-0.39, 0.29) is 24.2 Å². The summed E-state index contributed by atoms with van der Waals surface area (Å²) in [4.78, 5) is 26.2. The monoisotopic (exact) mass is 332 g/mol. The summed E-state index contributed by atoms with van der Waals surface area (Å²) in [7, 11) is 0. The van der Waals surface area contributed by atoms with Crippen molar-refractivity contribution in [1.29, 1.82) is 0 Å². The van der Waals surface area contributed by atoms with Gasteiger partial charge in [-0.05, 0) is 25.0 Å². The van der Waals surface area contributed by atoms with Crippen LogP contribution in [0.1, 0.15) is 45.4 Å². The van der Waals surface area contributed by atoms with Crippen LogP contribution in [0.2, 0.25) is 0 Å². The first-order valence-corrected chi connectivity index (χ1v) is 8.10. The zero-order chi connectivity index (χ0) is 17.2. The number of nitrogens with zero attached hydrogens (tertiary/aromatic N) is 3. The van der Waals surface area contributed by atoms with Gasteiger partial charge in [0.05, 0.1) is 6.26 Å². The van der Waals surface area contributed by atoms with E-state index in [2.05, 4.69) is 15.5 Å². The second kappa shape index (κ2) is 6.46. The Balaban J connectivity index is 1.77. The average molecular weight is 332 g/mol. The smallest absolute Gasteiger partial charge is 0.325 e. The minimum absolute atomic E-state index is 0.0481. The zero-order valence-electron chi connectivity index (χ0n) is 13.7. The van der Waals surface area contributed by atoms with E-state index in [4.69, 9.17) is 8.83 Å². The summed E-state index contributed by atoms with van der Waals surface area (Å²) in [5, 5.41) is 10.6. The molecule has 1 fully saturated rings. The lowest BCUT2D eigenvalue weighted by Gasteiger charge is -2.25. The van der Waals surface area contributed by atoms with E-state index >= 15 is 0 Å². The van der Waals surface area contributed by atoms with Gasteiger partial charge in [-0.15, -0.1) is 10.2 Å². The molecule has 1 saturated heterocycles. The van der Waals surface area contributed by atoms with Crippen LogP contribution >= 0.6 is 0 Å². The van der Waals surface area contributed by atoms with E-state index in [1.807, 2.05) is 13.8 Å². The molecule has 3 amide bonds. The van der Waals surface area contributed by atoms with Gasteiger partial charge in [0, 0.05) is 0 Å². The molecule has 2 aromatic rings. The molecule has 0 aliphatic carbocycles. The highest BCUT2D eigenvalue weighted by molar-refractivity contribution is 6.06. The van der Waals surface area contributed by atoms with Gasteiger partial charge in [-0.1, -0.05) is 26.7 Å². The third-order valence-corrected chi connectivity index (χ3v) is 4.09. The molecule has 0 radical (unpaired) electrons. The molecule has 3 rings (SSSR count). The summed E-state index contributed by atoms with van der Waals surface area (Å²) in [6.07, 6.45) is 4.35. The number of urea groups is 1. The Morgan fingerprint density at radius 2 is 1.96 bits per heavy atom. The van der Waals surface area contributed by atoms with Crippen LogP contribution in [0.4, 0.5) is 4.79 Å². The fourth-order valence-corrected chi connectivity index (χ4v) is 3.09. The highest BCUT2D eigenvalue weighted by Gasteiger charge is 2.50. The molecule has 0 bridgehead atoms. The molecular weight excluding hydrogens is 312 g/mol. The highest BCUT2D eigenvalue weighted by atomic mass is 16.4. The van der Waals surface area contributed by atoms with E-state index in [1.165, 1.54) is 6.26 Å². The molecule has 0 atom stereocenters. The second-order valence-electron chi connectivity index (χ2n) is 5.88. The number of imide groups is 1. The third kappa shape index (κ3) is 2.79. The molecule has 3 heterocycles. The van der Waals surface area contributed by atoms with Crippen LogP contribution in [0.15, 0.2) is 27.2 Å². The van der Waals surface area contributed by atoms with Gasteiger partial charge in [0.15, 0.2) is 5.76 Å². The van der Waals surface area contributed by atoms with Gasteiger partial charge in [0.2, 0.25) is 5.89 Å². The first-order chi connectivity index (χ1) is 11.6. The lowest BCUT2D eigenvalue weighted by atomic mass is 9.88. The number of nitrogens with one attached hydrogen (secondary N) is 1. The van der Waals surface area contributed by atoms with Gasteiger partial charge >= 0.3 is 6.03 Å². The van der Waals surface area contributed by atoms with Crippen molar-refractivity contribution in [3.63, 3.8) is 0 Å². The summed E-state index contributed by atoms with van der Waals surface area (Å²) < 4.78 is 10.7. The number of aromatic nitrogens is 2. The molecule has 24 heavy (non-hydrogen) atoms. The maximum Gasteiger partial charge on any atom is 0.325 e.